The Bertz CT molecular complexity index is 349. The van der Waals surface area contributed by atoms with Gasteiger partial charge in [0.05, 0.1) is 21.2 Å². The Hall–Kier alpha value is -1.11. The summed E-state index contributed by atoms with van der Waals surface area (Å²) in [6, 6.07) is 10.1. The van der Waals surface area contributed by atoms with Crippen molar-refractivity contribution in [2.75, 3.05) is 6.61 Å². The van der Waals surface area contributed by atoms with Gasteiger partial charge in [-0.15, -0.1) is 0 Å². The first-order valence-electron chi connectivity index (χ1n) is 5.49. The molecule has 0 saturated carbocycles. The van der Waals surface area contributed by atoms with Gasteiger partial charge in [0.25, 0.3) is 0 Å². The Morgan fingerprint density at radius 3 is 2.67 bits per heavy atom. The molecular formula is C12H15NOSi. The Labute approximate surface area is 92.7 Å². The number of nitriles is 1. The fourth-order valence-corrected chi connectivity index (χ4v) is 3.76. The zero-order chi connectivity index (χ0) is 10.5. The van der Waals surface area contributed by atoms with E-state index < -0.39 is 0 Å². The lowest BCUT2D eigenvalue weighted by Crippen LogP contribution is -2.33. The van der Waals surface area contributed by atoms with E-state index in [0.29, 0.717) is 5.73 Å². The lowest BCUT2D eigenvalue weighted by atomic mass is 10.2. The molecule has 0 amide bonds. The number of hydrogen-bond donors (Lipinski definition) is 0. The summed E-state index contributed by atoms with van der Waals surface area (Å²) in [5.41, 5.74) is 1.27. The van der Waals surface area contributed by atoms with Crippen LogP contribution in [0.1, 0.15) is 24.8 Å². The third-order valence-corrected chi connectivity index (χ3v) is 4.86. The van der Waals surface area contributed by atoms with Crippen molar-refractivity contribution in [3.05, 3.63) is 29.8 Å². The molecule has 1 saturated heterocycles. The molecule has 1 aromatic rings. The Kier molecular flexibility index (Phi) is 3.54. The summed E-state index contributed by atoms with van der Waals surface area (Å²) < 4.78 is 5.74. The van der Waals surface area contributed by atoms with Crippen LogP contribution in [-0.2, 0) is 4.74 Å². The van der Waals surface area contributed by atoms with E-state index in [4.69, 9.17) is 10.00 Å². The minimum Gasteiger partial charge on any atom is -0.382 e. The van der Waals surface area contributed by atoms with E-state index in [1.807, 2.05) is 12.1 Å². The number of rotatable bonds is 2. The molecule has 1 aliphatic heterocycles. The van der Waals surface area contributed by atoms with Crippen LogP contribution >= 0.6 is 0 Å². The second-order valence-electron chi connectivity index (χ2n) is 4.00. The Morgan fingerprint density at radius 2 is 2.07 bits per heavy atom. The minimum absolute atomic E-state index is 0.312. The Balaban J connectivity index is 1.95. The molecule has 1 heterocycles. The third kappa shape index (κ3) is 2.92. The molecule has 0 spiro atoms. The zero-order valence-electron chi connectivity index (χ0n) is 8.78. The van der Waals surface area contributed by atoms with Gasteiger partial charge in [0, 0.05) is 12.3 Å². The van der Waals surface area contributed by atoms with E-state index in [1.54, 1.807) is 0 Å². The smallest absolute Gasteiger partial charge is 0.0991 e. The molecule has 2 nitrogen and oxygen atoms in total. The van der Waals surface area contributed by atoms with Gasteiger partial charge in [-0.05, 0) is 31.4 Å². The maximum Gasteiger partial charge on any atom is 0.0991 e. The number of ether oxygens (including phenoxy) is 1. The van der Waals surface area contributed by atoms with Crippen molar-refractivity contribution in [1.82, 2.24) is 0 Å². The molecule has 15 heavy (non-hydrogen) atoms. The van der Waals surface area contributed by atoms with Crippen LogP contribution in [0.3, 0.4) is 0 Å². The molecule has 78 valence electrons. The molecule has 0 radical (unpaired) electrons. The molecule has 0 aliphatic carbocycles. The fraction of sp³-hybridized carbons (Fsp3) is 0.417. The maximum absolute atomic E-state index is 8.69. The normalized spacial score (nSPS) is 21.7. The van der Waals surface area contributed by atoms with E-state index in [0.717, 1.165) is 12.2 Å². The lowest BCUT2D eigenvalue weighted by Gasteiger charge is -2.22. The summed E-state index contributed by atoms with van der Waals surface area (Å²) in [5, 5.41) is 10.1. The highest BCUT2D eigenvalue weighted by Gasteiger charge is 2.14. The molecular weight excluding hydrogens is 202 g/mol. The van der Waals surface area contributed by atoms with Gasteiger partial charge in [0.2, 0.25) is 0 Å². The summed E-state index contributed by atoms with van der Waals surface area (Å²) in [6.45, 7) is 0.938. The number of nitrogens with zero attached hydrogens (tertiary/aromatic N) is 1. The molecule has 0 N–H and O–H groups in total. The molecule has 1 atom stereocenters. The quantitative estimate of drug-likeness (QED) is 0.689. The van der Waals surface area contributed by atoms with Crippen LogP contribution in [0, 0.1) is 11.3 Å². The zero-order valence-corrected chi connectivity index (χ0v) is 10.2. The number of hydrogen-bond acceptors (Lipinski definition) is 2. The maximum atomic E-state index is 8.69. The van der Waals surface area contributed by atoms with Gasteiger partial charge in [-0.2, -0.15) is 5.26 Å². The van der Waals surface area contributed by atoms with Crippen molar-refractivity contribution in [2.45, 2.75) is 25.0 Å². The highest BCUT2D eigenvalue weighted by molar-refractivity contribution is 6.54. The van der Waals surface area contributed by atoms with E-state index in [1.165, 1.54) is 24.4 Å². The van der Waals surface area contributed by atoms with Crippen molar-refractivity contribution >= 4 is 14.7 Å². The van der Waals surface area contributed by atoms with E-state index in [9.17, 15) is 0 Å². The molecule has 1 aromatic carbocycles. The molecule has 1 aliphatic rings. The average Bonchev–Trinajstić information content (AvgIpc) is 2.31. The van der Waals surface area contributed by atoms with Crippen LogP contribution in [0.5, 0.6) is 0 Å². The van der Waals surface area contributed by atoms with Crippen molar-refractivity contribution in [1.29, 1.82) is 5.26 Å². The molecule has 1 fully saturated rings. The van der Waals surface area contributed by atoms with E-state index in [-0.39, 0.29) is 9.52 Å². The predicted octanol–water partition coefficient (Wildman–Crippen LogP) is 0.879. The van der Waals surface area contributed by atoms with Gasteiger partial charge in [-0.1, -0.05) is 17.3 Å². The molecule has 0 aromatic heterocycles. The monoisotopic (exact) mass is 217 g/mol. The SMILES string of the molecule is N#Cc1ccc([SiH2]C2CCCCO2)cc1. The van der Waals surface area contributed by atoms with E-state index >= 15 is 0 Å². The topological polar surface area (TPSA) is 33.0 Å². The molecule has 3 heteroatoms. The first-order chi connectivity index (χ1) is 7.38. The first-order valence-corrected chi connectivity index (χ1v) is 7.01. The predicted molar refractivity (Wildman–Crippen MR) is 62.9 cm³/mol. The fourth-order valence-electron chi connectivity index (χ4n) is 1.95. The largest absolute Gasteiger partial charge is 0.382 e. The summed E-state index contributed by atoms with van der Waals surface area (Å²) >= 11 is 0. The second-order valence-corrected chi connectivity index (χ2v) is 6.14. The van der Waals surface area contributed by atoms with Crippen LogP contribution in [0.4, 0.5) is 0 Å². The van der Waals surface area contributed by atoms with Gasteiger partial charge >= 0.3 is 0 Å². The minimum atomic E-state index is -0.312. The van der Waals surface area contributed by atoms with Gasteiger partial charge < -0.3 is 4.74 Å². The van der Waals surface area contributed by atoms with Crippen LogP contribution in [-0.4, -0.2) is 21.9 Å². The highest BCUT2D eigenvalue weighted by atomic mass is 28.2. The van der Waals surface area contributed by atoms with Crippen molar-refractivity contribution in [2.24, 2.45) is 0 Å². The average molecular weight is 217 g/mol. The summed E-state index contributed by atoms with van der Waals surface area (Å²) in [6.07, 6.45) is 3.76. The van der Waals surface area contributed by atoms with Gasteiger partial charge in [0.1, 0.15) is 0 Å². The summed E-state index contributed by atoms with van der Waals surface area (Å²) in [7, 11) is -0.312. The van der Waals surface area contributed by atoms with Crippen molar-refractivity contribution < 1.29 is 4.74 Å². The van der Waals surface area contributed by atoms with Crippen molar-refractivity contribution in [3.8, 4) is 6.07 Å². The van der Waals surface area contributed by atoms with Crippen LogP contribution in [0.15, 0.2) is 24.3 Å². The Morgan fingerprint density at radius 1 is 1.27 bits per heavy atom. The highest BCUT2D eigenvalue weighted by Crippen LogP contribution is 2.11. The standard InChI is InChI=1S/C12H15NOSi/c13-9-10-4-6-11(7-5-10)15-12-3-1-2-8-14-12/h4-7,12H,1-3,8,15H2. The van der Waals surface area contributed by atoms with Gasteiger partial charge in [-0.3, -0.25) is 0 Å². The van der Waals surface area contributed by atoms with Crippen LogP contribution < -0.4 is 5.19 Å². The summed E-state index contributed by atoms with van der Waals surface area (Å²) in [4.78, 5) is 0. The second kappa shape index (κ2) is 5.10. The molecule has 2 rings (SSSR count). The number of benzene rings is 1. The third-order valence-electron chi connectivity index (χ3n) is 2.82. The lowest BCUT2D eigenvalue weighted by molar-refractivity contribution is 0.0660. The van der Waals surface area contributed by atoms with Gasteiger partial charge in [0.15, 0.2) is 0 Å². The molecule has 1 unspecified atom stereocenters. The first kappa shape index (κ1) is 10.4. The molecule has 0 bridgehead atoms. The van der Waals surface area contributed by atoms with Crippen LogP contribution in [0.2, 0.25) is 0 Å². The van der Waals surface area contributed by atoms with Crippen LogP contribution in [0.25, 0.3) is 0 Å². The summed E-state index contributed by atoms with van der Waals surface area (Å²) in [5.74, 6) is 0. The van der Waals surface area contributed by atoms with Gasteiger partial charge in [-0.25, -0.2) is 0 Å². The van der Waals surface area contributed by atoms with E-state index in [2.05, 4.69) is 18.2 Å². The van der Waals surface area contributed by atoms with Crippen molar-refractivity contribution in [3.63, 3.8) is 0 Å².